The van der Waals surface area contributed by atoms with E-state index in [1.165, 1.54) is 5.01 Å². The third-order valence-corrected chi connectivity index (χ3v) is 3.80. The molecule has 0 spiro atoms. The van der Waals surface area contributed by atoms with Gasteiger partial charge in [-0.05, 0) is 24.3 Å². The van der Waals surface area contributed by atoms with Crippen molar-refractivity contribution in [1.29, 1.82) is 5.26 Å². The number of nitro groups is 2. The summed E-state index contributed by atoms with van der Waals surface area (Å²) in [4.78, 5) is 21.0. The maximum Gasteiger partial charge on any atom is 0.304 e. The van der Waals surface area contributed by atoms with Gasteiger partial charge in [0.25, 0.3) is 5.69 Å². The van der Waals surface area contributed by atoms with Gasteiger partial charge in [-0.3, -0.25) is 20.2 Å². The molecule has 0 amide bonds. The second kappa shape index (κ2) is 7.84. The van der Waals surface area contributed by atoms with Crippen LogP contribution in [-0.4, -0.2) is 9.85 Å². The summed E-state index contributed by atoms with van der Waals surface area (Å²) in [6.07, 6.45) is 0. The third-order valence-electron chi connectivity index (χ3n) is 3.80. The van der Waals surface area contributed by atoms with Crippen LogP contribution in [0.1, 0.15) is 5.56 Å². The first kappa shape index (κ1) is 18.3. The lowest BCUT2D eigenvalue weighted by molar-refractivity contribution is -0.393. The van der Waals surface area contributed by atoms with Crippen molar-refractivity contribution in [1.82, 2.24) is 5.43 Å². The fourth-order valence-electron chi connectivity index (χ4n) is 2.54. The standard InChI is InChI=1S/C19H12N5O4/c20-13-14-11-17(23(25)26)12-18(24(27)28)19(14)21-22(15-7-3-1-4-8-15)16-9-5-2-6-10-16/h1-12H. The van der Waals surface area contributed by atoms with Gasteiger partial charge < -0.3 is 0 Å². The van der Waals surface area contributed by atoms with E-state index in [9.17, 15) is 25.5 Å². The van der Waals surface area contributed by atoms with E-state index < -0.39 is 21.2 Å². The van der Waals surface area contributed by atoms with Crippen molar-refractivity contribution in [2.24, 2.45) is 0 Å². The highest BCUT2D eigenvalue weighted by molar-refractivity contribution is 5.73. The first-order valence-electron chi connectivity index (χ1n) is 8.00. The molecular weight excluding hydrogens is 362 g/mol. The molecule has 0 saturated heterocycles. The van der Waals surface area contributed by atoms with Crippen LogP contribution in [0.4, 0.5) is 28.4 Å². The number of nitrogens with zero attached hydrogens (tertiary/aromatic N) is 5. The van der Waals surface area contributed by atoms with E-state index in [1.807, 2.05) is 12.1 Å². The van der Waals surface area contributed by atoms with Gasteiger partial charge in [0.1, 0.15) is 6.07 Å². The summed E-state index contributed by atoms with van der Waals surface area (Å²) < 4.78 is 0. The van der Waals surface area contributed by atoms with Gasteiger partial charge in [0, 0.05) is 6.07 Å². The van der Waals surface area contributed by atoms with Crippen molar-refractivity contribution < 1.29 is 9.85 Å². The van der Waals surface area contributed by atoms with Crippen molar-refractivity contribution in [3.05, 3.63) is 98.6 Å². The minimum atomic E-state index is -0.791. The van der Waals surface area contributed by atoms with Crippen LogP contribution in [-0.2, 0) is 0 Å². The van der Waals surface area contributed by atoms with Crippen LogP contribution in [0.15, 0.2) is 72.8 Å². The van der Waals surface area contributed by atoms with E-state index in [-0.39, 0.29) is 11.3 Å². The lowest BCUT2D eigenvalue weighted by atomic mass is 10.1. The molecule has 0 aliphatic rings. The molecule has 9 nitrogen and oxygen atoms in total. The van der Waals surface area contributed by atoms with Crippen molar-refractivity contribution in [3.63, 3.8) is 0 Å². The molecule has 0 aliphatic heterocycles. The summed E-state index contributed by atoms with van der Waals surface area (Å²) >= 11 is 0. The van der Waals surface area contributed by atoms with Gasteiger partial charge in [-0.15, -0.1) is 0 Å². The molecule has 3 aromatic carbocycles. The maximum atomic E-state index is 11.5. The molecule has 1 radical (unpaired) electrons. The average molecular weight is 374 g/mol. The van der Waals surface area contributed by atoms with Gasteiger partial charge in [-0.2, -0.15) is 10.7 Å². The Bertz CT molecular complexity index is 1030. The zero-order valence-corrected chi connectivity index (χ0v) is 14.3. The van der Waals surface area contributed by atoms with E-state index >= 15 is 0 Å². The van der Waals surface area contributed by atoms with Crippen molar-refractivity contribution in [2.45, 2.75) is 0 Å². The Kier molecular flexibility index (Phi) is 5.14. The maximum absolute atomic E-state index is 11.5. The smallest absolute Gasteiger partial charge is 0.258 e. The minimum absolute atomic E-state index is 0.259. The Balaban J connectivity index is 2.17. The molecule has 0 aliphatic carbocycles. The molecule has 0 saturated carbocycles. The van der Waals surface area contributed by atoms with E-state index in [0.717, 1.165) is 12.1 Å². The quantitative estimate of drug-likeness (QED) is 0.466. The fraction of sp³-hybridized carbons (Fsp3) is 0. The number of anilines is 2. The van der Waals surface area contributed by atoms with Gasteiger partial charge in [-0.25, -0.2) is 5.01 Å². The van der Waals surface area contributed by atoms with Crippen LogP contribution >= 0.6 is 0 Å². The number of hydrogen-bond acceptors (Lipinski definition) is 6. The van der Waals surface area contributed by atoms with E-state index in [2.05, 4.69) is 5.43 Å². The molecule has 3 aromatic rings. The average Bonchev–Trinajstić information content (AvgIpc) is 2.72. The molecule has 3 rings (SSSR count). The lowest BCUT2D eigenvalue weighted by Gasteiger charge is -2.23. The molecule has 0 N–H and O–H groups in total. The first-order valence-corrected chi connectivity index (χ1v) is 8.00. The Morgan fingerprint density at radius 3 is 1.82 bits per heavy atom. The molecule has 9 heteroatoms. The van der Waals surface area contributed by atoms with Gasteiger partial charge in [0.05, 0.1) is 32.9 Å². The van der Waals surface area contributed by atoms with Crippen molar-refractivity contribution in [2.75, 3.05) is 5.01 Å². The second-order valence-electron chi connectivity index (χ2n) is 5.57. The highest BCUT2D eigenvalue weighted by Crippen LogP contribution is 2.36. The molecular formula is C19H12N5O4. The van der Waals surface area contributed by atoms with Crippen LogP contribution in [0.3, 0.4) is 0 Å². The third kappa shape index (κ3) is 3.71. The Labute approximate surface area is 159 Å². The Hall–Kier alpha value is -4.45. The largest absolute Gasteiger partial charge is 0.304 e. The molecule has 0 bridgehead atoms. The van der Waals surface area contributed by atoms with Crippen LogP contribution in [0.25, 0.3) is 0 Å². The summed E-state index contributed by atoms with van der Waals surface area (Å²) in [6.45, 7) is 0. The number of benzene rings is 3. The number of hydrogen-bond donors (Lipinski definition) is 0. The highest BCUT2D eigenvalue weighted by atomic mass is 16.6. The van der Waals surface area contributed by atoms with E-state index in [1.54, 1.807) is 54.6 Å². The predicted molar refractivity (Wildman–Crippen MR) is 101 cm³/mol. The molecule has 0 fully saturated rings. The zero-order valence-electron chi connectivity index (χ0n) is 14.3. The van der Waals surface area contributed by atoms with Crippen LogP contribution < -0.4 is 10.4 Å². The Morgan fingerprint density at radius 2 is 1.39 bits per heavy atom. The fourth-order valence-corrected chi connectivity index (χ4v) is 2.54. The molecule has 28 heavy (non-hydrogen) atoms. The van der Waals surface area contributed by atoms with Gasteiger partial charge in [-0.1, -0.05) is 36.4 Å². The highest BCUT2D eigenvalue weighted by Gasteiger charge is 2.27. The molecule has 0 heterocycles. The Morgan fingerprint density at radius 1 is 0.857 bits per heavy atom. The van der Waals surface area contributed by atoms with E-state index in [0.29, 0.717) is 11.4 Å². The van der Waals surface area contributed by atoms with Crippen molar-refractivity contribution in [3.8, 4) is 6.07 Å². The first-order chi connectivity index (χ1) is 13.5. The lowest BCUT2D eigenvalue weighted by Crippen LogP contribution is -2.24. The number of rotatable bonds is 6. The molecule has 0 atom stereocenters. The van der Waals surface area contributed by atoms with Crippen molar-refractivity contribution >= 4 is 28.4 Å². The second-order valence-corrected chi connectivity index (χ2v) is 5.57. The normalized spacial score (nSPS) is 9.96. The van der Waals surface area contributed by atoms with Gasteiger partial charge in [0.15, 0.2) is 5.69 Å². The van der Waals surface area contributed by atoms with Crippen LogP contribution in [0.2, 0.25) is 0 Å². The number of nitriles is 1. The summed E-state index contributed by atoms with van der Waals surface area (Å²) in [5.74, 6) is 0. The number of non-ortho nitro benzene ring substituents is 1. The zero-order chi connectivity index (χ0) is 20.1. The van der Waals surface area contributed by atoms with Crippen LogP contribution in [0, 0.1) is 31.6 Å². The summed E-state index contributed by atoms with van der Waals surface area (Å²) in [7, 11) is 0. The summed E-state index contributed by atoms with van der Waals surface area (Å²) in [5.41, 5.74) is 3.85. The number of para-hydroxylation sites is 2. The number of nitro benzene ring substituents is 2. The predicted octanol–water partition coefficient (Wildman–Crippen LogP) is 4.36. The SMILES string of the molecule is N#Cc1cc([N+](=O)[O-])cc([N+](=O)[O-])c1[N]N(c1ccccc1)c1ccccc1. The van der Waals surface area contributed by atoms with Crippen LogP contribution in [0.5, 0.6) is 0 Å². The van der Waals surface area contributed by atoms with Gasteiger partial charge in [0.2, 0.25) is 0 Å². The summed E-state index contributed by atoms with van der Waals surface area (Å²) in [5, 5.41) is 33.4. The molecule has 0 unspecified atom stereocenters. The topological polar surface area (TPSA) is 127 Å². The summed E-state index contributed by atoms with van der Waals surface area (Å²) in [6, 6.07) is 21.2. The van der Waals surface area contributed by atoms with E-state index in [4.69, 9.17) is 0 Å². The molecule has 0 aromatic heterocycles. The monoisotopic (exact) mass is 374 g/mol. The van der Waals surface area contributed by atoms with Gasteiger partial charge >= 0.3 is 5.69 Å². The molecule has 137 valence electrons. The minimum Gasteiger partial charge on any atom is -0.258 e.